The Balaban J connectivity index is 1.34. The topological polar surface area (TPSA) is 81.9 Å². The molecule has 2 heterocycles. The van der Waals surface area contributed by atoms with E-state index in [1.807, 2.05) is 0 Å². The molecule has 2 saturated carbocycles. The maximum Gasteiger partial charge on any atom is 0.222 e. The number of amides is 1. The van der Waals surface area contributed by atoms with Gasteiger partial charge in [0.05, 0.1) is 12.6 Å². The van der Waals surface area contributed by atoms with E-state index < -0.39 is 0 Å². The molecule has 120 valence electrons. The van der Waals surface area contributed by atoms with Gasteiger partial charge in [0, 0.05) is 30.9 Å². The van der Waals surface area contributed by atoms with Crippen molar-refractivity contribution in [2.45, 2.75) is 57.2 Å². The molecule has 1 N–H and O–H groups in total. The molecule has 7 heteroatoms. The summed E-state index contributed by atoms with van der Waals surface area (Å²) in [5, 5.41) is 14.2. The van der Waals surface area contributed by atoms with Crippen LogP contribution in [0.3, 0.4) is 0 Å². The van der Waals surface area contributed by atoms with Gasteiger partial charge in [-0.1, -0.05) is 25.7 Å². The molecular weight excluding hydrogens is 282 g/mol. The van der Waals surface area contributed by atoms with Crippen molar-refractivity contribution >= 4 is 5.91 Å². The van der Waals surface area contributed by atoms with Gasteiger partial charge in [-0.25, -0.2) is 4.68 Å². The van der Waals surface area contributed by atoms with E-state index >= 15 is 0 Å². The first-order chi connectivity index (χ1) is 10.8. The van der Waals surface area contributed by atoms with Crippen LogP contribution in [0.5, 0.6) is 0 Å². The lowest BCUT2D eigenvalue weighted by Crippen LogP contribution is -2.63. The fourth-order valence-corrected chi connectivity index (χ4v) is 4.62. The Morgan fingerprint density at radius 3 is 2.95 bits per heavy atom. The maximum absolute atomic E-state index is 12.3. The zero-order chi connectivity index (χ0) is 14.9. The lowest BCUT2D eigenvalue weighted by atomic mass is 9.61. The summed E-state index contributed by atoms with van der Waals surface area (Å²) in [6.45, 7) is 1.39. The zero-order valence-corrected chi connectivity index (χ0v) is 12.7. The van der Waals surface area contributed by atoms with Crippen LogP contribution in [0.4, 0.5) is 0 Å². The lowest BCUT2D eigenvalue weighted by molar-refractivity contribution is -0.130. The highest BCUT2D eigenvalue weighted by Crippen LogP contribution is 2.51. The van der Waals surface area contributed by atoms with Gasteiger partial charge in [-0.05, 0) is 22.8 Å². The molecule has 1 aromatic rings. The van der Waals surface area contributed by atoms with Gasteiger partial charge in [0.1, 0.15) is 6.33 Å². The van der Waals surface area contributed by atoms with Crippen LogP contribution in [0.25, 0.3) is 0 Å². The number of carbonyl (C=O) groups excluding carboxylic acids is 1. The highest BCUT2D eigenvalue weighted by molar-refractivity contribution is 5.76. The average Bonchev–Trinajstić information content (AvgIpc) is 3.25. The van der Waals surface area contributed by atoms with Gasteiger partial charge in [0.25, 0.3) is 0 Å². The zero-order valence-electron chi connectivity index (χ0n) is 12.7. The van der Waals surface area contributed by atoms with E-state index in [9.17, 15) is 4.79 Å². The number of ether oxygens (including phenoxy) is 1. The van der Waals surface area contributed by atoms with Gasteiger partial charge in [0.2, 0.25) is 5.91 Å². The SMILES string of the molecule is O=C(CCn1cnnn1)N[C@H]1[C@H]2CCO[C@H]2[C@H]1C1CCCC1. The third kappa shape index (κ3) is 2.51. The van der Waals surface area contributed by atoms with Crippen LogP contribution in [0.2, 0.25) is 0 Å². The molecular formula is C15H23N5O2. The van der Waals surface area contributed by atoms with Crippen molar-refractivity contribution < 1.29 is 9.53 Å². The number of aromatic nitrogens is 4. The first-order valence-corrected chi connectivity index (χ1v) is 8.44. The molecule has 1 amide bonds. The molecule has 0 aromatic carbocycles. The summed E-state index contributed by atoms with van der Waals surface area (Å²) in [5.41, 5.74) is 0. The minimum absolute atomic E-state index is 0.105. The summed E-state index contributed by atoms with van der Waals surface area (Å²) in [6, 6.07) is 0.317. The van der Waals surface area contributed by atoms with Crippen molar-refractivity contribution in [2.75, 3.05) is 6.61 Å². The number of nitrogens with zero attached hydrogens (tertiary/aromatic N) is 4. The normalized spacial score (nSPS) is 34.4. The molecule has 22 heavy (non-hydrogen) atoms. The monoisotopic (exact) mass is 305 g/mol. The fourth-order valence-electron chi connectivity index (χ4n) is 4.62. The van der Waals surface area contributed by atoms with Crippen LogP contribution in [0, 0.1) is 17.8 Å². The van der Waals surface area contributed by atoms with Crippen molar-refractivity contribution in [3.8, 4) is 0 Å². The molecule has 0 spiro atoms. The standard InChI is InChI=1S/C15H23N5O2/c21-12(5-7-20-9-16-18-19-20)17-14-11-6-8-22-15(11)13(14)10-3-1-2-4-10/h9-11,13-15H,1-8H2,(H,17,21)/t11-,13+,14+,15-/m1/s1. The molecule has 3 fully saturated rings. The van der Waals surface area contributed by atoms with E-state index in [1.165, 1.54) is 25.7 Å². The average molecular weight is 305 g/mol. The third-order valence-electron chi connectivity index (χ3n) is 5.67. The summed E-state index contributed by atoms with van der Waals surface area (Å²) >= 11 is 0. The van der Waals surface area contributed by atoms with Crippen molar-refractivity contribution in [3.63, 3.8) is 0 Å². The second-order valence-corrected chi connectivity index (χ2v) is 6.83. The largest absolute Gasteiger partial charge is 0.377 e. The second kappa shape index (κ2) is 5.95. The number of hydrogen-bond acceptors (Lipinski definition) is 5. The van der Waals surface area contributed by atoms with Crippen molar-refractivity contribution in [1.82, 2.24) is 25.5 Å². The van der Waals surface area contributed by atoms with E-state index in [1.54, 1.807) is 11.0 Å². The molecule has 2 aliphatic carbocycles. The Morgan fingerprint density at radius 1 is 1.32 bits per heavy atom. The van der Waals surface area contributed by atoms with Crippen LogP contribution in [0.1, 0.15) is 38.5 Å². The smallest absolute Gasteiger partial charge is 0.222 e. The van der Waals surface area contributed by atoms with Gasteiger partial charge in [-0.2, -0.15) is 0 Å². The maximum atomic E-state index is 12.3. The fraction of sp³-hybridized carbons (Fsp3) is 0.867. The van der Waals surface area contributed by atoms with Crippen LogP contribution in [-0.2, 0) is 16.1 Å². The lowest BCUT2D eigenvalue weighted by Gasteiger charge is -2.50. The minimum Gasteiger partial charge on any atom is -0.377 e. The Bertz CT molecular complexity index is 509. The molecule has 7 nitrogen and oxygen atoms in total. The molecule has 1 aliphatic heterocycles. The van der Waals surface area contributed by atoms with Crippen molar-refractivity contribution in [1.29, 1.82) is 0 Å². The molecule has 1 saturated heterocycles. The van der Waals surface area contributed by atoms with Crippen LogP contribution >= 0.6 is 0 Å². The van der Waals surface area contributed by atoms with E-state index in [0.717, 1.165) is 18.9 Å². The highest BCUT2D eigenvalue weighted by atomic mass is 16.5. The first kappa shape index (κ1) is 14.1. The first-order valence-electron chi connectivity index (χ1n) is 8.44. The number of fused-ring (bicyclic) bond motifs is 1. The Labute approximate surface area is 129 Å². The summed E-state index contributed by atoms with van der Waals surface area (Å²) in [5.74, 6) is 1.91. The quantitative estimate of drug-likeness (QED) is 0.869. The molecule has 3 aliphatic rings. The van der Waals surface area contributed by atoms with Crippen LogP contribution < -0.4 is 5.32 Å². The Hall–Kier alpha value is -1.50. The Morgan fingerprint density at radius 2 is 2.18 bits per heavy atom. The number of tetrazole rings is 1. The number of nitrogens with one attached hydrogen (secondary N) is 1. The molecule has 4 rings (SSSR count). The Kier molecular flexibility index (Phi) is 3.82. The summed E-state index contributed by atoms with van der Waals surface area (Å²) in [7, 11) is 0. The van der Waals surface area contributed by atoms with Gasteiger partial charge in [-0.15, -0.1) is 5.10 Å². The van der Waals surface area contributed by atoms with E-state index in [-0.39, 0.29) is 5.91 Å². The van der Waals surface area contributed by atoms with Gasteiger partial charge in [-0.3, -0.25) is 4.79 Å². The summed E-state index contributed by atoms with van der Waals surface area (Å²) < 4.78 is 7.52. The molecule has 0 unspecified atom stereocenters. The highest BCUT2D eigenvalue weighted by Gasteiger charge is 2.56. The predicted molar refractivity (Wildman–Crippen MR) is 77.7 cm³/mol. The number of carbonyl (C=O) groups is 1. The van der Waals surface area contributed by atoms with Gasteiger partial charge < -0.3 is 10.1 Å². The van der Waals surface area contributed by atoms with E-state index in [2.05, 4.69) is 20.8 Å². The van der Waals surface area contributed by atoms with Crippen LogP contribution in [-0.4, -0.2) is 44.9 Å². The third-order valence-corrected chi connectivity index (χ3v) is 5.67. The van der Waals surface area contributed by atoms with Crippen LogP contribution in [0.15, 0.2) is 6.33 Å². The van der Waals surface area contributed by atoms with Crippen molar-refractivity contribution in [2.24, 2.45) is 17.8 Å². The van der Waals surface area contributed by atoms with Crippen molar-refractivity contribution in [3.05, 3.63) is 6.33 Å². The molecule has 1 aromatic heterocycles. The number of hydrogen-bond donors (Lipinski definition) is 1. The molecule has 0 bridgehead atoms. The van der Waals surface area contributed by atoms with Gasteiger partial charge in [0.15, 0.2) is 0 Å². The molecule has 0 radical (unpaired) electrons. The predicted octanol–water partition coefficient (Wildman–Crippen LogP) is 0.773. The molecule has 4 atom stereocenters. The second-order valence-electron chi connectivity index (χ2n) is 6.83. The van der Waals surface area contributed by atoms with Gasteiger partial charge >= 0.3 is 0 Å². The number of aryl methyl sites for hydroxylation is 1. The van der Waals surface area contributed by atoms with E-state index in [4.69, 9.17) is 4.74 Å². The summed E-state index contributed by atoms with van der Waals surface area (Å²) in [4.78, 5) is 12.3. The minimum atomic E-state index is 0.105. The van der Waals surface area contributed by atoms with E-state index in [0.29, 0.717) is 36.9 Å². The summed E-state index contributed by atoms with van der Waals surface area (Å²) in [6.07, 6.45) is 8.72. The number of rotatable bonds is 5.